The largest absolute Gasteiger partial charge is 0.338 e. The molecule has 0 heterocycles. The summed E-state index contributed by atoms with van der Waals surface area (Å²) in [6, 6.07) is 5.81. The molecule has 1 aromatic carbocycles. The zero-order chi connectivity index (χ0) is 12.3. The van der Waals surface area contributed by atoms with Crippen LogP contribution in [-0.4, -0.2) is 23.9 Å². The fourth-order valence-electron chi connectivity index (χ4n) is 1.93. The maximum atomic E-state index is 12.8. The van der Waals surface area contributed by atoms with Crippen LogP contribution >= 0.6 is 0 Å². The molecule has 0 atom stereocenters. The van der Waals surface area contributed by atoms with E-state index < -0.39 is 0 Å². The highest BCUT2D eigenvalue weighted by Crippen LogP contribution is 2.30. The van der Waals surface area contributed by atoms with Gasteiger partial charge in [-0.2, -0.15) is 0 Å². The van der Waals surface area contributed by atoms with Crippen LogP contribution in [0.15, 0.2) is 24.3 Å². The summed E-state index contributed by atoms with van der Waals surface area (Å²) < 4.78 is 12.8. The van der Waals surface area contributed by atoms with Gasteiger partial charge >= 0.3 is 0 Å². The predicted molar refractivity (Wildman–Crippen MR) is 65.3 cm³/mol. The monoisotopic (exact) mass is 235 g/mol. The lowest BCUT2D eigenvalue weighted by Crippen LogP contribution is -2.33. The summed E-state index contributed by atoms with van der Waals surface area (Å²) in [7, 11) is 0. The van der Waals surface area contributed by atoms with Gasteiger partial charge in [-0.3, -0.25) is 4.79 Å². The summed E-state index contributed by atoms with van der Waals surface area (Å²) in [5, 5.41) is 0. The highest BCUT2D eigenvalue weighted by molar-refractivity contribution is 5.94. The van der Waals surface area contributed by atoms with Gasteiger partial charge in [-0.25, -0.2) is 4.39 Å². The highest BCUT2D eigenvalue weighted by Gasteiger charge is 2.26. The average molecular weight is 235 g/mol. The SMILES string of the molecule is CCCN(CC1CC1)C(=O)c1ccc(F)cc1. The van der Waals surface area contributed by atoms with E-state index in [1.807, 2.05) is 4.90 Å². The Morgan fingerprint density at radius 1 is 1.35 bits per heavy atom. The minimum absolute atomic E-state index is 0.0266. The Bertz CT molecular complexity index is 384. The predicted octanol–water partition coefficient (Wildman–Crippen LogP) is 3.09. The molecule has 0 radical (unpaired) electrons. The second-order valence-corrected chi connectivity index (χ2v) is 4.70. The van der Waals surface area contributed by atoms with Crippen molar-refractivity contribution in [2.45, 2.75) is 26.2 Å². The van der Waals surface area contributed by atoms with Crippen LogP contribution in [-0.2, 0) is 0 Å². The fraction of sp³-hybridized carbons (Fsp3) is 0.500. The average Bonchev–Trinajstić information content (AvgIpc) is 3.13. The first-order valence-electron chi connectivity index (χ1n) is 6.25. The number of halogens is 1. The van der Waals surface area contributed by atoms with Crippen molar-refractivity contribution < 1.29 is 9.18 Å². The van der Waals surface area contributed by atoms with E-state index in [1.165, 1.54) is 25.0 Å². The molecule has 0 spiro atoms. The lowest BCUT2D eigenvalue weighted by atomic mass is 10.2. The van der Waals surface area contributed by atoms with Gasteiger partial charge in [0.1, 0.15) is 5.82 Å². The summed E-state index contributed by atoms with van der Waals surface area (Å²) in [5.41, 5.74) is 0.584. The van der Waals surface area contributed by atoms with Crippen molar-refractivity contribution in [3.8, 4) is 0 Å². The zero-order valence-corrected chi connectivity index (χ0v) is 10.2. The number of nitrogens with zero attached hydrogens (tertiary/aromatic N) is 1. The van der Waals surface area contributed by atoms with Gasteiger partial charge in [-0.1, -0.05) is 6.92 Å². The van der Waals surface area contributed by atoms with Crippen LogP contribution < -0.4 is 0 Å². The quantitative estimate of drug-likeness (QED) is 0.768. The summed E-state index contributed by atoms with van der Waals surface area (Å²) in [4.78, 5) is 14.1. The van der Waals surface area contributed by atoms with Crippen molar-refractivity contribution in [3.63, 3.8) is 0 Å². The van der Waals surface area contributed by atoms with Gasteiger partial charge in [0.25, 0.3) is 5.91 Å². The van der Waals surface area contributed by atoms with E-state index >= 15 is 0 Å². The van der Waals surface area contributed by atoms with Crippen molar-refractivity contribution in [2.75, 3.05) is 13.1 Å². The number of benzene rings is 1. The number of hydrogen-bond donors (Lipinski definition) is 0. The number of hydrogen-bond acceptors (Lipinski definition) is 1. The first kappa shape index (κ1) is 12.1. The van der Waals surface area contributed by atoms with Crippen molar-refractivity contribution in [1.29, 1.82) is 0 Å². The topological polar surface area (TPSA) is 20.3 Å². The van der Waals surface area contributed by atoms with Crippen LogP contribution in [0.3, 0.4) is 0 Å². The smallest absolute Gasteiger partial charge is 0.253 e. The van der Waals surface area contributed by atoms with Gasteiger partial charge < -0.3 is 4.90 Å². The number of carbonyl (C=O) groups excluding carboxylic acids is 1. The standard InChI is InChI=1S/C14H18FNO/c1-2-9-16(10-11-3-4-11)14(17)12-5-7-13(15)8-6-12/h5-8,11H,2-4,9-10H2,1H3. The minimum Gasteiger partial charge on any atom is -0.338 e. The molecule has 0 unspecified atom stereocenters. The molecule has 1 saturated carbocycles. The molecule has 1 amide bonds. The first-order valence-corrected chi connectivity index (χ1v) is 6.25. The second kappa shape index (κ2) is 5.30. The molecule has 1 aliphatic rings. The molecule has 17 heavy (non-hydrogen) atoms. The Hall–Kier alpha value is -1.38. The van der Waals surface area contributed by atoms with E-state index in [1.54, 1.807) is 12.1 Å². The Balaban J connectivity index is 2.05. The molecule has 3 heteroatoms. The van der Waals surface area contributed by atoms with E-state index in [0.29, 0.717) is 11.5 Å². The lowest BCUT2D eigenvalue weighted by molar-refractivity contribution is 0.0747. The van der Waals surface area contributed by atoms with Crippen molar-refractivity contribution in [3.05, 3.63) is 35.6 Å². The van der Waals surface area contributed by atoms with Crippen LogP contribution in [0.5, 0.6) is 0 Å². The van der Waals surface area contributed by atoms with Gasteiger partial charge in [0.2, 0.25) is 0 Å². The molecular formula is C14H18FNO. The van der Waals surface area contributed by atoms with Crippen LogP contribution in [0.2, 0.25) is 0 Å². The van der Waals surface area contributed by atoms with Crippen molar-refractivity contribution >= 4 is 5.91 Å². The second-order valence-electron chi connectivity index (χ2n) is 4.70. The lowest BCUT2D eigenvalue weighted by Gasteiger charge is -2.22. The minimum atomic E-state index is -0.300. The molecule has 0 aliphatic heterocycles. The van der Waals surface area contributed by atoms with Crippen LogP contribution in [0, 0.1) is 11.7 Å². The summed E-state index contributed by atoms with van der Waals surface area (Å²) in [6.07, 6.45) is 3.42. The molecule has 92 valence electrons. The van der Waals surface area contributed by atoms with Crippen molar-refractivity contribution in [2.24, 2.45) is 5.92 Å². The van der Waals surface area contributed by atoms with Gasteiger partial charge in [0.15, 0.2) is 0 Å². The molecule has 0 aromatic heterocycles. The molecule has 1 aromatic rings. The Kier molecular flexibility index (Phi) is 3.77. The van der Waals surface area contributed by atoms with Crippen LogP contribution in [0.25, 0.3) is 0 Å². The first-order chi connectivity index (χ1) is 8.20. The van der Waals surface area contributed by atoms with E-state index in [2.05, 4.69) is 6.92 Å². The van der Waals surface area contributed by atoms with Gasteiger partial charge in [-0.05, 0) is 49.4 Å². The number of amides is 1. The Morgan fingerprint density at radius 2 is 2.00 bits per heavy atom. The third kappa shape index (κ3) is 3.29. The third-order valence-corrected chi connectivity index (χ3v) is 3.05. The number of carbonyl (C=O) groups is 1. The fourth-order valence-corrected chi connectivity index (χ4v) is 1.93. The Morgan fingerprint density at radius 3 is 2.53 bits per heavy atom. The maximum absolute atomic E-state index is 12.8. The van der Waals surface area contributed by atoms with Crippen LogP contribution in [0.1, 0.15) is 36.5 Å². The maximum Gasteiger partial charge on any atom is 0.253 e. The van der Waals surface area contributed by atoms with E-state index in [9.17, 15) is 9.18 Å². The molecule has 0 bridgehead atoms. The third-order valence-electron chi connectivity index (χ3n) is 3.05. The highest BCUT2D eigenvalue weighted by atomic mass is 19.1. The molecule has 2 nitrogen and oxygen atoms in total. The molecule has 0 saturated heterocycles. The van der Waals surface area contributed by atoms with Crippen molar-refractivity contribution in [1.82, 2.24) is 4.90 Å². The van der Waals surface area contributed by atoms with E-state index in [0.717, 1.165) is 19.5 Å². The van der Waals surface area contributed by atoms with E-state index in [4.69, 9.17) is 0 Å². The van der Waals surface area contributed by atoms with E-state index in [-0.39, 0.29) is 11.7 Å². The molecule has 2 rings (SSSR count). The molecule has 1 aliphatic carbocycles. The number of rotatable bonds is 5. The van der Waals surface area contributed by atoms with Crippen LogP contribution in [0.4, 0.5) is 4.39 Å². The molecular weight excluding hydrogens is 217 g/mol. The zero-order valence-electron chi connectivity index (χ0n) is 10.2. The van der Waals surface area contributed by atoms with Gasteiger partial charge in [-0.15, -0.1) is 0 Å². The summed E-state index contributed by atoms with van der Waals surface area (Å²) >= 11 is 0. The molecule has 1 fully saturated rings. The Labute approximate surface area is 101 Å². The molecule has 0 N–H and O–H groups in total. The summed E-state index contributed by atoms with van der Waals surface area (Å²) in [5.74, 6) is 0.412. The van der Waals surface area contributed by atoms with Gasteiger partial charge in [0, 0.05) is 18.7 Å². The normalized spacial score (nSPS) is 14.7. The van der Waals surface area contributed by atoms with Gasteiger partial charge in [0.05, 0.1) is 0 Å². The summed E-state index contributed by atoms with van der Waals surface area (Å²) in [6.45, 7) is 3.70.